The monoisotopic (exact) mass is 524 g/mol. The molecule has 4 aliphatic heterocycles. The molecule has 2 aromatic carbocycles. The van der Waals surface area contributed by atoms with Gasteiger partial charge in [0.25, 0.3) is 11.8 Å². The van der Waals surface area contributed by atoms with Crippen molar-refractivity contribution in [1.29, 1.82) is 0 Å². The summed E-state index contributed by atoms with van der Waals surface area (Å²) in [5, 5.41) is 2.99. The van der Waals surface area contributed by atoms with Crippen LogP contribution in [0.4, 0.5) is 14.5 Å². The summed E-state index contributed by atoms with van der Waals surface area (Å²) < 4.78 is 34.5. The lowest BCUT2D eigenvalue weighted by molar-refractivity contribution is -0.139. The highest BCUT2D eigenvalue weighted by atomic mass is 19.1. The maximum Gasteiger partial charge on any atom is 0.259 e. The van der Waals surface area contributed by atoms with Gasteiger partial charge in [-0.3, -0.25) is 19.3 Å². The van der Waals surface area contributed by atoms with E-state index in [9.17, 15) is 23.2 Å². The Labute approximate surface area is 219 Å². The van der Waals surface area contributed by atoms with Gasteiger partial charge in [0.1, 0.15) is 28.5 Å². The van der Waals surface area contributed by atoms with Crippen molar-refractivity contribution < 1.29 is 27.9 Å². The summed E-state index contributed by atoms with van der Waals surface area (Å²) in [5.74, 6) is -3.70. The standard InChI is InChI=1S/C28H30F2N4O4/c1-38-18-15-21(29)24(22(30)16-18)26(36)32-10-5-9-31-25(35)20-14-17-6-4-11-34(17)28(20)19-7-2-3-8-23(19)33(13-12-32)27(28)37/h2-3,7-8,15-17,20H,4-6,9-14H2,1H3,(H,31,35)/t17-,20+,28+/m0/s1. The van der Waals surface area contributed by atoms with Crippen molar-refractivity contribution in [2.24, 2.45) is 5.92 Å². The van der Waals surface area contributed by atoms with Gasteiger partial charge in [-0.2, -0.15) is 0 Å². The number of ether oxygens (including phenoxy) is 1. The van der Waals surface area contributed by atoms with E-state index in [-0.39, 0.29) is 49.8 Å². The molecule has 200 valence electrons. The van der Waals surface area contributed by atoms with E-state index < -0.39 is 34.6 Å². The van der Waals surface area contributed by atoms with Gasteiger partial charge in [0, 0.05) is 55.6 Å². The minimum atomic E-state index is -1.08. The number of nitrogens with zero attached hydrogens (tertiary/aromatic N) is 3. The molecule has 0 aliphatic carbocycles. The molecule has 2 aromatic rings. The first-order valence-electron chi connectivity index (χ1n) is 13.2. The van der Waals surface area contributed by atoms with Gasteiger partial charge >= 0.3 is 0 Å². The number of rotatable bonds is 2. The number of fused-ring (bicyclic) bond motifs is 4. The van der Waals surface area contributed by atoms with Crippen LogP contribution < -0.4 is 15.0 Å². The van der Waals surface area contributed by atoms with E-state index in [1.165, 1.54) is 12.0 Å². The lowest BCUT2D eigenvalue weighted by Gasteiger charge is -2.38. The summed E-state index contributed by atoms with van der Waals surface area (Å²) in [6, 6.07) is 9.65. The number of halogens is 2. The van der Waals surface area contributed by atoms with Crippen molar-refractivity contribution in [3.05, 3.63) is 59.2 Å². The van der Waals surface area contributed by atoms with Gasteiger partial charge in [-0.05, 0) is 38.3 Å². The summed E-state index contributed by atoms with van der Waals surface area (Å²) in [7, 11) is 1.29. The Morgan fingerprint density at radius 1 is 1.05 bits per heavy atom. The molecule has 3 atom stereocenters. The van der Waals surface area contributed by atoms with Crippen molar-refractivity contribution in [3.8, 4) is 5.75 Å². The molecular weight excluding hydrogens is 494 g/mol. The number of benzene rings is 2. The Bertz CT molecular complexity index is 1300. The minimum Gasteiger partial charge on any atom is -0.497 e. The molecule has 1 N–H and O–H groups in total. The molecule has 0 aromatic heterocycles. The van der Waals surface area contributed by atoms with Gasteiger partial charge in [-0.1, -0.05) is 18.2 Å². The number of carbonyl (C=O) groups excluding carboxylic acids is 3. The van der Waals surface area contributed by atoms with E-state index in [1.54, 1.807) is 4.90 Å². The van der Waals surface area contributed by atoms with E-state index in [0.717, 1.165) is 42.8 Å². The third-order valence-electron chi connectivity index (χ3n) is 8.59. The first-order valence-corrected chi connectivity index (χ1v) is 13.2. The number of amides is 3. The van der Waals surface area contributed by atoms with Crippen molar-refractivity contribution in [3.63, 3.8) is 0 Å². The van der Waals surface area contributed by atoms with Gasteiger partial charge < -0.3 is 19.9 Å². The van der Waals surface area contributed by atoms with Crippen molar-refractivity contribution in [2.75, 3.05) is 44.7 Å². The summed E-state index contributed by atoms with van der Waals surface area (Å²) in [4.78, 5) is 46.5. The number of nitrogens with one attached hydrogen (secondary N) is 1. The molecule has 3 saturated heterocycles. The normalized spacial score (nSPS) is 27.2. The molecule has 38 heavy (non-hydrogen) atoms. The molecule has 3 amide bonds. The Kier molecular flexibility index (Phi) is 6.09. The molecule has 0 saturated carbocycles. The lowest BCUT2D eigenvalue weighted by atomic mass is 9.78. The predicted molar refractivity (Wildman–Crippen MR) is 135 cm³/mol. The van der Waals surface area contributed by atoms with Crippen molar-refractivity contribution >= 4 is 23.4 Å². The summed E-state index contributed by atoms with van der Waals surface area (Å²) in [5.41, 5.74) is -0.207. The Morgan fingerprint density at radius 3 is 2.58 bits per heavy atom. The van der Waals surface area contributed by atoms with Gasteiger partial charge in [-0.25, -0.2) is 8.78 Å². The topological polar surface area (TPSA) is 82.2 Å². The zero-order valence-electron chi connectivity index (χ0n) is 21.2. The minimum absolute atomic E-state index is 0.0242. The van der Waals surface area contributed by atoms with E-state index in [0.29, 0.717) is 12.8 Å². The zero-order valence-corrected chi connectivity index (χ0v) is 21.2. The molecule has 10 heteroatoms. The van der Waals surface area contributed by atoms with Crippen LogP contribution in [-0.2, 0) is 15.1 Å². The summed E-state index contributed by atoms with van der Waals surface area (Å²) in [6.07, 6.45) is 2.95. The maximum atomic E-state index is 14.8. The first-order chi connectivity index (χ1) is 18.4. The number of methoxy groups -OCH3 is 1. The number of hydrogen-bond acceptors (Lipinski definition) is 5. The van der Waals surface area contributed by atoms with Gasteiger partial charge in [-0.15, -0.1) is 0 Å². The number of carbonyl (C=O) groups is 3. The van der Waals surface area contributed by atoms with Crippen LogP contribution in [0.5, 0.6) is 5.75 Å². The third kappa shape index (κ3) is 3.53. The van der Waals surface area contributed by atoms with Crippen LogP contribution >= 0.6 is 0 Å². The van der Waals surface area contributed by atoms with E-state index in [4.69, 9.17) is 4.74 Å². The maximum absolute atomic E-state index is 14.8. The van der Waals surface area contributed by atoms with Crippen LogP contribution in [0.3, 0.4) is 0 Å². The second-order valence-corrected chi connectivity index (χ2v) is 10.4. The Balaban J connectivity index is 1.38. The fraction of sp³-hybridized carbons (Fsp3) is 0.464. The number of para-hydroxylation sites is 1. The van der Waals surface area contributed by atoms with Gasteiger partial charge in [0.2, 0.25) is 5.91 Å². The smallest absolute Gasteiger partial charge is 0.259 e. The molecule has 0 unspecified atom stereocenters. The van der Waals surface area contributed by atoms with E-state index >= 15 is 0 Å². The van der Waals surface area contributed by atoms with Crippen LogP contribution in [0.15, 0.2) is 36.4 Å². The number of hydrogen-bond donors (Lipinski definition) is 1. The number of anilines is 1. The quantitative estimate of drug-likeness (QED) is 0.654. The van der Waals surface area contributed by atoms with Crippen LogP contribution in [-0.4, -0.2) is 73.4 Å². The van der Waals surface area contributed by atoms with Crippen LogP contribution in [0, 0.1) is 17.6 Å². The molecule has 8 nitrogen and oxygen atoms in total. The summed E-state index contributed by atoms with van der Waals surface area (Å²) >= 11 is 0. The molecule has 2 bridgehead atoms. The summed E-state index contributed by atoms with van der Waals surface area (Å²) in [6.45, 7) is 1.42. The Hall–Kier alpha value is -3.53. The van der Waals surface area contributed by atoms with Gasteiger partial charge in [0.15, 0.2) is 0 Å². The molecular formula is C28H30F2N4O4. The molecule has 4 heterocycles. The average Bonchev–Trinajstić information content (AvgIpc) is 3.56. The van der Waals surface area contributed by atoms with Crippen molar-refractivity contribution in [1.82, 2.24) is 15.1 Å². The second-order valence-electron chi connectivity index (χ2n) is 10.4. The lowest BCUT2D eigenvalue weighted by Crippen LogP contribution is -2.57. The SMILES string of the molecule is COc1cc(F)c(C(=O)N2CCCNC(=O)[C@H]3C[C@@H]4CCCN4[C@@]34C(=O)N(CC2)c2ccccc24)c(F)c1. The van der Waals surface area contributed by atoms with E-state index in [2.05, 4.69) is 10.2 Å². The molecule has 6 rings (SSSR count). The third-order valence-corrected chi connectivity index (χ3v) is 8.59. The molecule has 4 aliphatic rings. The van der Waals surface area contributed by atoms with Crippen LogP contribution in [0.2, 0.25) is 0 Å². The fourth-order valence-electron chi connectivity index (χ4n) is 6.95. The fourth-order valence-corrected chi connectivity index (χ4v) is 6.95. The van der Waals surface area contributed by atoms with Crippen molar-refractivity contribution in [2.45, 2.75) is 37.3 Å². The first kappa shape index (κ1) is 24.8. The highest BCUT2D eigenvalue weighted by Crippen LogP contribution is 2.57. The highest BCUT2D eigenvalue weighted by molar-refractivity contribution is 6.11. The average molecular weight is 525 g/mol. The van der Waals surface area contributed by atoms with Gasteiger partial charge in [0.05, 0.1) is 13.0 Å². The molecule has 0 radical (unpaired) electrons. The highest BCUT2D eigenvalue weighted by Gasteiger charge is 2.67. The zero-order chi connectivity index (χ0) is 26.6. The predicted octanol–water partition coefficient (Wildman–Crippen LogP) is 2.66. The Morgan fingerprint density at radius 2 is 1.82 bits per heavy atom. The van der Waals surface area contributed by atoms with Crippen LogP contribution in [0.1, 0.15) is 41.6 Å². The molecule has 1 spiro atoms. The van der Waals surface area contributed by atoms with Crippen LogP contribution in [0.25, 0.3) is 0 Å². The molecule has 3 fully saturated rings. The second kappa shape index (κ2) is 9.34. The van der Waals surface area contributed by atoms with E-state index in [1.807, 2.05) is 24.3 Å². The largest absolute Gasteiger partial charge is 0.497 e.